The van der Waals surface area contributed by atoms with Crippen molar-refractivity contribution in [3.63, 3.8) is 0 Å². The molecule has 2 rings (SSSR count). The van der Waals surface area contributed by atoms with Crippen molar-refractivity contribution < 1.29 is 14.3 Å². The normalized spacial score (nSPS) is 15.7. The van der Waals surface area contributed by atoms with Gasteiger partial charge in [0, 0.05) is 57.0 Å². The van der Waals surface area contributed by atoms with Gasteiger partial charge in [0.25, 0.3) is 0 Å². The van der Waals surface area contributed by atoms with Crippen LogP contribution in [0, 0.1) is 0 Å². The molecule has 0 atom stereocenters. The number of pyridine rings is 1. The number of carbonyl (C=O) groups excluding carboxylic acids is 2. The van der Waals surface area contributed by atoms with Gasteiger partial charge >= 0.3 is 5.97 Å². The number of piperazine rings is 1. The largest absolute Gasteiger partial charge is 0.465 e. The fourth-order valence-electron chi connectivity index (χ4n) is 3.67. The molecule has 0 unspecified atom stereocenters. The van der Waals surface area contributed by atoms with E-state index in [1.807, 2.05) is 0 Å². The number of aromatic nitrogens is 1. The summed E-state index contributed by atoms with van der Waals surface area (Å²) in [5.74, 6) is 0.757. The molecule has 1 radical (unpaired) electrons. The van der Waals surface area contributed by atoms with Gasteiger partial charge in [-0.25, -0.2) is 4.98 Å². The Hall–Kier alpha value is -1.95. The van der Waals surface area contributed by atoms with Gasteiger partial charge in [0.1, 0.15) is 12.4 Å². The summed E-state index contributed by atoms with van der Waals surface area (Å²) in [6, 6.07) is 0. The fourth-order valence-corrected chi connectivity index (χ4v) is 3.67. The van der Waals surface area contributed by atoms with E-state index < -0.39 is 0 Å². The lowest BCUT2D eigenvalue weighted by atomic mass is 9.81. The van der Waals surface area contributed by atoms with E-state index in [-0.39, 0.29) is 11.4 Å². The predicted octanol–water partition coefficient (Wildman–Crippen LogP) is 2.47. The Balaban J connectivity index is 2.20. The average molecular weight is 375 g/mol. The van der Waals surface area contributed by atoms with Crippen molar-refractivity contribution in [1.29, 1.82) is 0 Å². The minimum atomic E-state index is -0.233. The molecule has 1 saturated heterocycles. The zero-order valence-electron chi connectivity index (χ0n) is 17.3. The van der Waals surface area contributed by atoms with Gasteiger partial charge in [-0.2, -0.15) is 0 Å². The molecule has 1 aromatic rings. The number of carbonyl (C=O) groups is 1. The fraction of sp³-hybridized carbons (Fsp3) is 0.667. The highest BCUT2D eigenvalue weighted by atomic mass is 16.5. The molecule has 6 heteroatoms. The predicted molar refractivity (Wildman–Crippen MR) is 107 cm³/mol. The summed E-state index contributed by atoms with van der Waals surface area (Å²) in [6.45, 7) is 14.8. The zero-order chi connectivity index (χ0) is 20.0. The highest BCUT2D eigenvalue weighted by molar-refractivity contribution is 5.80. The van der Waals surface area contributed by atoms with E-state index in [0.717, 1.165) is 56.9 Å². The quantitative estimate of drug-likeness (QED) is 0.683. The van der Waals surface area contributed by atoms with Gasteiger partial charge in [0.15, 0.2) is 0 Å². The van der Waals surface area contributed by atoms with Crippen LogP contribution in [0.4, 0.5) is 5.82 Å². The number of anilines is 1. The lowest BCUT2D eigenvalue weighted by molar-refractivity contribution is -0.141. The second-order valence-corrected chi connectivity index (χ2v) is 8.12. The first kappa shape index (κ1) is 21.4. The first-order valence-electron chi connectivity index (χ1n) is 9.79. The van der Waals surface area contributed by atoms with E-state index in [4.69, 9.17) is 4.74 Å². The van der Waals surface area contributed by atoms with E-state index in [2.05, 4.69) is 48.8 Å². The minimum absolute atomic E-state index is 0.105. The summed E-state index contributed by atoms with van der Waals surface area (Å²) in [5.41, 5.74) is 2.73. The Labute approximate surface area is 162 Å². The van der Waals surface area contributed by atoms with Gasteiger partial charge in [-0.1, -0.05) is 34.1 Å². The number of esters is 1. The van der Waals surface area contributed by atoms with E-state index in [1.165, 1.54) is 12.5 Å². The molecule has 149 valence electrons. The molecule has 6 nitrogen and oxygen atoms in total. The summed E-state index contributed by atoms with van der Waals surface area (Å²) in [5, 5.41) is 0. The third kappa shape index (κ3) is 5.51. The molecule has 0 bridgehead atoms. The molecule has 1 aliphatic heterocycles. The molecular weight excluding hydrogens is 342 g/mol. The Kier molecular flexibility index (Phi) is 7.36. The maximum Gasteiger partial charge on any atom is 0.302 e. The first-order chi connectivity index (χ1) is 12.8. The summed E-state index contributed by atoms with van der Waals surface area (Å²) >= 11 is 0. The Morgan fingerprint density at radius 1 is 1.26 bits per heavy atom. The van der Waals surface area contributed by atoms with Gasteiger partial charge in [-0.05, 0) is 17.4 Å². The maximum absolute atomic E-state index is 11.4. The topological polar surface area (TPSA) is 62.7 Å². The van der Waals surface area contributed by atoms with Crippen molar-refractivity contribution in [1.82, 2.24) is 9.88 Å². The molecule has 0 aliphatic carbocycles. The van der Waals surface area contributed by atoms with Crippen LogP contribution in [0.3, 0.4) is 0 Å². The van der Waals surface area contributed by atoms with Crippen molar-refractivity contribution in [2.45, 2.75) is 52.9 Å². The number of ether oxygens (including phenoxy) is 1. The van der Waals surface area contributed by atoms with Crippen LogP contribution in [0.1, 0.15) is 57.7 Å². The molecule has 27 heavy (non-hydrogen) atoms. The maximum atomic E-state index is 11.4. The molecule has 0 amide bonds. The summed E-state index contributed by atoms with van der Waals surface area (Å²) in [4.78, 5) is 31.6. The summed E-state index contributed by atoms with van der Waals surface area (Å²) in [6.07, 6.45) is 5.59. The Bertz CT molecular complexity index is 659. The van der Waals surface area contributed by atoms with Crippen LogP contribution >= 0.6 is 0 Å². The van der Waals surface area contributed by atoms with Gasteiger partial charge in [0.05, 0.1) is 0 Å². The van der Waals surface area contributed by atoms with Gasteiger partial charge in [-0.3, -0.25) is 14.5 Å². The average Bonchev–Trinajstić information content (AvgIpc) is 2.61. The van der Waals surface area contributed by atoms with Crippen molar-refractivity contribution in [3.05, 3.63) is 22.9 Å². The lowest BCUT2D eigenvalue weighted by Gasteiger charge is -2.38. The van der Waals surface area contributed by atoms with Crippen LogP contribution in [0.2, 0.25) is 0 Å². The first-order valence-corrected chi connectivity index (χ1v) is 9.79. The number of hydrogen-bond donors (Lipinski definition) is 0. The van der Waals surface area contributed by atoms with Crippen LogP contribution in [0.5, 0.6) is 0 Å². The number of hydrogen-bond acceptors (Lipinski definition) is 6. The molecule has 2 heterocycles. The minimum Gasteiger partial charge on any atom is -0.465 e. The molecule has 1 aromatic heterocycles. The van der Waals surface area contributed by atoms with Gasteiger partial charge in [0.2, 0.25) is 6.29 Å². The van der Waals surface area contributed by atoms with Crippen molar-refractivity contribution in [3.8, 4) is 0 Å². The molecule has 0 N–H and O–H groups in total. The standard InChI is InChI=1S/C21H32N3O3/c1-6-7-18-17(15-25)14-22-20(19(18)21(3,4)5)24-10-8-23(9-11-24)12-13-27-16(2)26/h14H,6-13H2,1-5H3. The third-order valence-electron chi connectivity index (χ3n) is 4.91. The molecular formula is C21H32N3O3. The second-order valence-electron chi connectivity index (χ2n) is 8.12. The van der Waals surface area contributed by atoms with E-state index in [1.54, 1.807) is 6.20 Å². The van der Waals surface area contributed by atoms with Crippen molar-refractivity contribution >= 4 is 18.1 Å². The number of nitrogens with zero attached hydrogens (tertiary/aromatic N) is 3. The highest BCUT2D eigenvalue weighted by Crippen LogP contribution is 2.35. The third-order valence-corrected chi connectivity index (χ3v) is 4.91. The molecule has 0 saturated carbocycles. The summed E-state index contributed by atoms with van der Waals surface area (Å²) in [7, 11) is 0. The van der Waals surface area contributed by atoms with Gasteiger partial charge < -0.3 is 9.64 Å². The van der Waals surface area contributed by atoms with E-state index in [0.29, 0.717) is 12.2 Å². The van der Waals surface area contributed by atoms with Crippen LogP contribution < -0.4 is 4.90 Å². The van der Waals surface area contributed by atoms with Crippen LogP contribution in [0.15, 0.2) is 6.20 Å². The number of rotatable bonds is 7. The lowest BCUT2D eigenvalue weighted by Crippen LogP contribution is -2.48. The molecule has 1 fully saturated rings. The Morgan fingerprint density at radius 3 is 2.44 bits per heavy atom. The van der Waals surface area contributed by atoms with Gasteiger partial charge in [-0.15, -0.1) is 0 Å². The zero-order valence-corrected chi connectivity index (χ0v) is 17.3. The molecule has 0 spiro atoms. The van der Waals surface area contributed by atoms with Crippen molar-refractivity contribution in [2.75, 3.05) is 44.2 Å². The summed E-state index contributed by atoms with van der Waals surface area (Å²) < 4.78 is 5.04. The van der Waals surface area contributed by atoms with E-state index in [9.17, 15) is 9.59 Å². The van der Waals surface area contributed by atoms with E-state index >= 15 is 0 Å². The Morgan fingerprint density at radius 2 is 1.93 bits per heavy atom. The van der Waals surface area contributed by atoms with Crippen molar-refractivity contribution in [2.24, 2.45) is 0 Å². The monoisotopic (exact) mass is 374 g/mol. The smallest absolute Gasteiger partial charge is 0.302 e. The van der Waals surface area contributed by atoms with Crippen LogP contribution in [-0.2, 0) is 26.2 Å². The van der Waals surface area contributed by atoms with Crippen LogP contribution in [-0.4, -0.2) is 61.5 Å². The van der Waals surface area contributed by atoms with Crippen LogP contribution in [0.25, 0.3) is 0 Å². The highest BCUT2D eigenvalue weighted by Gasteiger charge is 2.29. The SMILES string of the molecule is CCCc1c([C]=O)cnc(N2CCN(CCOC(C)=O)CC2)c1C(C)(C)C. The molecule has 0 aromatic carbocycles. The second kappa shape index (κ2) is 9.31. The molecule has 1 aliphatic rings.